The minimum absolute atomic E-state index is 0.162. The zero-order valence-electron chi connectivity index (χ0n) is 13.1. The van der Waals surface area contributed by atoms with Crippen molar-refractivity contribution < 1.29 is 37.0 Å². The Balaban J connectivity index is 2.17. The van der Waals surface area contributed by atoms with Gasteiger partial charge in [0.25, 0.3) is 5.91 Å². The number of hydrogen-bond acceptors (Lipinski definition) is 5. The average molecular weight is 356 g/mol. The molecule has 1 aromatic heterocycles. The van der Waals surface area contributed by atoms with Gasteiger partial charge in [0.15, 0.2) is 7.05 Å². The van der Waals surface area contributed by atoms with Gasteiger partial charge in [0, 0.05) is 5.39 Å². The minimum atomic E-state index is -5.30. The Labute approximate surface area is 139 Å². The van der Waals surface area contributed by atoms with E-state index in [1.807, 2.05) is 0 Å². The lowest BCUT2D eigenvalue weighted by atomic mass is 10.1. The largest absolute Gasteiger partial charge is 0.491 e. The number of fused-ring (bicyclic) bond motifs is 1. The number of benzene rings is 1. The summed E-state index contributed by atoms with van der Waals surface area (Å²) in [6, 6.07) is 5.25. The summed E-state index contributed by atoms with van der Waals surface area (Å²) < 4.78 is 41.4. The van der Waals surface area contributed by atoms with Gasteiger partial charge in [-0.2, -0.15) is 13.2 Å². The molecule has 1 amide bonds. The fourth-order valence-electron chi connectivity index (χ4n) is 2.00. The molecule has 1 heterocycles. The quantitative estimate of drug-likeness (QED) is 0.499. The van der Waals surface area contributed by atoms with E-state index in [1.165, 1.54) is 10.9 Å². The van der Waals surface area contributed by atoms with E-state index in [0.29, 0.717) is 10.9 Å². The summed E-state index contributed by atoms with van der Waals surface area (Å²) in [5.41, 5.74) is 0.676. The molecule has 0 aliphatic rings. The lowest BCUT2D eigenvalue weighted by Crippen LogP contribution is -2.43. The van der Waals surface area contributed by atoms with Crippen LogP contribution in [0.3, 0.4) is 0 Å². The third-order valence-corrected chi connectivity index (χ3v) is 3.15. The van der Waals surface area contributed by atoms with Gasteiger partial charge in [0.05, 0.1) is 0 Å². The van der Waals surface area contributed by atoms with E-state index in [-0.39, 0.29) is 5.56 Å². The summed E-state index contributed by atoms with van der Waals surface area (Å²) in [6.45, 7) is 1.10. The summed E-state index contributed by atoms with van der Waals surface area (Å²) in [7, 11) is 1.59. The van der Waals surface area contributed by atoms with Gasteiger partial charge in [0.1, 0.15) is 17.1 Å². The van der Waals surface area contributed by atoms with Gasteiger partial charge in [-0.25, -0.2) is 9.59 Å². The van der Waals surface area contributed by atoms with E-state index in [4.69, 9.17) is 0 Å². The number of rotatable bonds is 3. The summed E-state index contributed by atoms with van der Waals surface area (Å²) in [5.74, 6) is -4.88. The first-order valence-corrected chi connectivity index (χ1v) is 6.99. The number of esters is 2. The van der Waals surface area contributed by atoms with Crippen molar-refractivity contribution in [3.63, 3.8) is 0 Å². The van der Waals surface area contributed by atoms with E-state index < -0.39 is 30.1 Å². The Morgan fingerprint density at radius 1 is 1.24 bits per heavy atom. The Morgan fingerprint density at radius 3 is 2.52 bits per heavy atom. The third-order valence-electron chi connectivity index (χ3n) is 3.15. The second kappa shape index (κ2) is 6.83. The standard InChI is InChI=1S/C15H12F3N3O4/c1-8(13(23)25-14(24)15(16,17)18)19-12(22)10-7-21(2)20-11-6-4-3-5-9(10)11/h3-8H,1-2H3/p+1/t8-/m1/s1. The SMILES string of the molecule is C[C@@H](NC(=O)c1c[n+](C)nc2ccccc12)C(=O)OC(=O)C(F)(F)F. The fourth-order valence-corrected chi connectivity index (χ4v) is 2.00. The second-order valence-electron chi connectivity index (χ2n) is 5.14. The zero-order chi connectivity index (χ0) is 18.8. The first-order chi connectivity index (χ1) is 11.6. The zero-order valence-corrected chi connectivity index (χ0v) is 13.1. The van der Waals surface area contributed by atoms with Crippen LogP contribution in [0.2, 0.25) is 0 Å². The number of ether oxygens (including phenoxy) is 1. The lowest BCUT2D eigenvalue weighted by molar-refractivity contribution is -0.728. The maximum Gasteiger partial charge on any atom is 0.491 e. The first-order valence-electron chi connectivity index (χ1n) is 6.99. The van der Waals surface area contributed by atoms with Crippen molar-refractivity contribution in [2.45, 2.75) is 19.1 Å². The summed E-state index contributed by atoms with van der Waals surface area (Å²) in [6.07, 6.45) is -3.90. The molecular weight excluding hydrogens is 343 g/mol. The molecule has 1 aromatic carbocycles. The molecule has 25 heavy (non-hydrogen) atoms. The van der Waals surface area contributed by atoms with Crippen LogP contribution >= 0.6 is 0 Å². The topological polar surface area (TPSA) is 89.2 Å². The lowest BCUT2D eigenvalue weighted by Gasteiger charge is -2.13. The highest BCUT2D eigenvalue weighted by Gasteiger charge is 2.43. The number of aromatic nitrogens is 2. The molecule has 0 radical (unpaired) electrons. The van der Waals surface area contributed by atoms with Crippen LogP contribution in [0.1, 0.15) is 17.3 Å². The van der Waals surface area contributed by atoms with Crippen molar-refractivity contribution in [1.29, 1.82) is 0 Å². The fraction of sp³-hybridized carbons (Fsp3) is 0.267. The van der Waals surface area contributed by atoms with Gasteiger partial charge >= 0.3 is 18.1 Å². The van der Waals surface area contributed by atoms with Gasteiger partial charge in [-0.05, 0) is 18.1 Å². The molecule has 0 saturated carbocycles. The van der Waals surface area contributed by atoms with E-state index in [9.17, 15) is 27.6 Å². The molecule has 0 bridgehead atoms. The van der Waals surface area contributed by atoms with Gasteiger partial charge in [-0.3, -0.25) is 4.79 Å². The number of carbonyl (C=O) groups excluding carboxylic acids is 3. The van der Waals surface area contributed by atoms with Crippen LogP contribution in [0.25, 0.3) is 10.9 Å². The molecule has 2 rings (SSSR count). The van der Waals surface area contributed by atoms with E-state index >= 15 is 0 Å². The number of nitrogens with zero attached hydrogens (tertiary/aromatic N) is 2. The predicted molar refractivity (Wildman–Crippen MR) is 77.0 cm³/mol. The number of halogens is 3. The van der Waals surface area contributed by atoms with Gasteiger partial charge in [0.2, 0.25) is 6.20 Å². The van der Waals surface area contributed by atoms with Crippen LogP contribution in [0.4, 0.5) is 13.2 Å². The Kier molecular flexibility index (Phi) is 5.00. The molecule has 1 atom stereocenters. The summed E-state index contributed by atoms with van der Waals surface area (Å²) >= 11 is 0. The molecule has 0 spiro atoms. The highest BCUT2D eigenvalue weighted by Crippen LogP contribution is 2.17. The van der Waals surface area contributed by atoms with E-state index in [0.717, 1.165) is 6.92 Å². The number of nitrogens with one attached hydrogen (secondary N) is 1. The predicted octanol–water partition coefficient (Wildman–Crippen LogP) is 0.810. The van der Waals surface area contributed by atoms with Gasteiger partial charge in [-0.1, -0.05) is 22.9 Å². The molecule has 2 aromatic rings. The number of aryl methyl sites for hydroxylation is 1. The molecule has 132 valence electrons. The molecule has 0 fully saturated rings. The molecule has 0 unspecified atom stereocenters. The number of alkyl halides is 3. The van der Waals surface area contributed by atoms with Crippen LogP contribution in [-0.4, -0.2) is 35.2 Å². The van der Waals surface area contributed by atoms with Crippen molar-refractivity contribution in [2.24, 2.45) is 7.05 Å². The maximum absolute atomic E-state index is 12.3. The van der Waals surface area contributed by atoms with Gasteiger partial charge < -0.3 is 10.1 Å². The van der Waals surface area contributed by atoms with Crippen molar-refractivity contribution in [1.82, 2.24) is 10.4 Å². The van der Waals surface area contributed by atoms with E-state index in [2.05, 4.69) is 15.2 Å². The Hall–Kier alpha value is -3.04. The number of hydrogen-bond donors (Lipinski definition) is 1. The Bertz CT molecular complexity index is 852. The highest BCUT2D eigenvalue weighted by molar-refractivity contribution is 6.06. The molecule has 7 nitrogen and oxygen atoms in total. The molecule has 10 heteroatoms. The number of amides is 1. The monoisotopic (exact) mass is 356 g/mol. The molecule has 0 saturated heterocycles. The minimum Gasteiger partial charge on any atom is -0.385 e. The first kappa shape index (κ1) is 18.3. The van der Waals surface area contributed by atoms with Crippen LogP contribution in [-0.2, 0) is 21.4 Å². The molecular formula is C15H13F3N3O4+. The summed E-state index contributed by atoms with van der Waals surface area (Å²) in [5, 5.41) is 6.86. The molecule has 0 aliphatic carbocycles. The van der Waals surface area contributed by atoms with Crippen LogP contribution < -0.4 is 10.00 Å². The van der Waals surface area contributed by atoms with Crippen molar-refractivity contribution in [3.05, 3.63) is 36.0 Å². The highest BCUT2D eigenvalue weighted by atomic mass is 19.4. The van der Waals surface area contributed by atoms with Crippen molar-refractivity contribution >= 4 is 28.7 Å². The van der Waals surface area contributed by atoms with Gasteiger partial charge in [-0.15, -0.1) is 0 Å². The summed E-state index contributed by atoms with van der Waals surface area (Å²) in [4.78, 5) is 34.5. The van der Waals surface area contributed by atoms with Crippen LogP contribution in [0, 0.1) is 0 Å². The second-order valence-corrected chi connectivity index (χ2v) is 5.14. The van der Waals surface area contributed by atoms with Crippen LogP contribution in [0.5, 0.6) is 0 Å². The molecule has 1 N–H and O–H groups in total. The van der Waals surface area contributed by atoms with Crippen molar-refractivity contribution in [2.75, 3.05) is 0 Å². The number of carbonyl (C=O) groups is 3. The smallest absolute Gasteiger partial charge is 0.385 e. The average Bonchev–Trinajstić information content (AvgIpc) is 2.52. The Morgan fingerprint density at radius 2 is 1.88 bits per heavy atom. The van der Waals surface area contributed by atoms with Crippen LogP contribution in [0.15, 0.2) is 30.5 Å². The van der Waals surface area contributed by atoms with Crippen molar-refractivity contribution in [3.8, 4) is 0 Å². The maximum atomic E-state index is 12.3. The molecule has 0 aliphatic heterocycles. The third kappa shape index (κ3) is 4.28. The van der Waals surface area contributed by atoms with E-state index in [1.54, 1.807) is 31.3 Å². The normalized spacial score (nSPS) is 12.5.